The Morgan fingerprint density at radius 1 is 1.32 bits per heavy atom. The fourth-order valence-corrected chi connectivity index (χ4v) is 2.88. The van der Waals surface area contributed by atoms with Crippen molar-refractivity contribution in [2.75, 3.05) is 11.9 Å². The summed E-state index contributed by atoms with van der Waals surface area (Å²) in [5.41, 5.74) is 1.17. The standard InChI is InChI=1S/C14H14N2O3/c17-9-15-14(5-1-2-6-14)10-3-4-11-12(7-10)19-8-13(18)16-11/h3-4,7H,1-2,5-6,8H2,(H,16,18). The van der Waals surface area contributed by atoms with Crippen LogP contribution in [-0.2, 0) is 15.1 Å². The van der Waals surface area contributed by atoms with E-state index in [-0.39, 0.29) is 12.5 Å². The third kappa shape index (κ3) is 2.02. The number of hydrogen-bond donors (Lipinski definition) is 1. The summed E-state index contributed by atoms with van der Waals surface area (Å²) in [4.78, 5) is 26.0. The van der Waals surface area contributed by atoms with Crippen molar-refractivity contribution in [1.29, 1.82) is 0 Å². The van der Waals surface area contributed by atoms with Crippen LogP contribution in [0.3, 0.4) is 0 Å². The lowest BCUT2D eigenvalue weighted by molar-refractivity contribution is -0.118. The van der Waals surface area contributed by atoms with Crippen LogP contribution in [0, 0.1) is 0 Å². The number of isocyanates is 1. The molecule has 0 atom stereocenters. The Morgan fingerprint density at radius 3 is 2.84 bits per heavy atom. The van der Waals surface area contributed by atoms with Gasteiger partial charge in [0.05, 0.1) is 11.2 Å². The maximum atomic E-state index is 11.2. The number of ether oxygens (including phenoxy) is 1. The summed E-state index contributed by atoms with van der Waals surface area (Å²) in [5.74, 6) is 0.492. The second-order valence-corrected chi connectivity index (χ2v) is 4.99. The van der Waals surface area contributed by atoms with Gasteiger partial charge in [0.1, 0.15) is 5.75 Å². The summed E-state index contributed by atoms with van der Waals surface area (Å²) >= 11 is 0. The lowest BCUT2D eigenvalue weighted by Gasteiger charge is -2.25. The van der Waals surface area contributed by atoms with E-state index in [9.17, 15) is 9.59 Å². The molecule has 1 aromatic carbocycles. The minimum Gasteiger partial charge on any atom is -0.482 e. The van der Waals surface area contributed by atoms with E-state index in [2.05, 4.69) is 10.3 Å². The Hall–Kier alpha value is -2.13. The highest BCUT2D eigenvalue weighted by molar-refractivity contribution is 5.95. The molecule has 0 saturated heterocycles. The second-order valence-electron chi connectivity index (χ2n) is 4.99. The Labute approximate surface area is 110 Å². The average Bonchev–Trinajstić information content (AvgIpc) is 2.88. The number of anilines is 1. The van der Waals surface area contributed by atoms with Crippen molar-refractivity contribution in [3.63, 3.8) is 0 Å². The van der Waals surface area contributed by atoms with Crippen LogP contribution in [0.1, 0.15) is 31.2 Å². The van der Waals surface area contributed by atoms with E-state index >= 15 is 0 Å². The van der Waals surface area contributed by atoms with Crippen molar-refractivity contribution in [1.82, 2.24) is 0 Å². The summed E-state index contributed by atoms with van der Waals surface area (Å²) in [6.45, 7) is 0.0282. The van der Waals surface area contributed by atoms with Crippen molar-refractivity contribution >= 4 is 17.7 Å². The first-order valence-electron chi connectivity index (χ1n) is 6.40. The predicted molar refractivity (Wildman–Crippen MR) is 68.8 cm³/mol. The number of carbonyl (C=O) groups is 1. The van der Waals surface area contributed by atoms with Gasteiger partial charge in [-0.25, -0.2) is 4.79 Å². The van der Waals surface area contributed by atoms with E-state index in [0.29, 0.717) is 11.4 Å². The molecule has 1 fully saturated rings. The van der Waals surface area contributed by atoms with Crippen LogP contribution >= 0.6 is 0 Å². The molecule has 5 heteroatoms. The predicted octanol–water partition coefficient (Wildman–Crippen LogP) is 2.12. The minimum atomic E-state index is -0.457. The molecule has 5 nitrogen and oxygen atoms in total. The smallest absolute Gasteiger partial charge is 0.262 e. The second kappa shape index (κ2) is 4.52. The van der Waals surface area contributed by atoms with Gasteiger partial charge in [-0.1, -0.05) is 18.9 Å². The molecule has 0 spiro atoms. The third-order valence-corrected chi connectivity index (χ3v) is 3.84. The zero-order chi connectivity index (χ0) is 13.3. The van der Waals surface area contributed by atoms with E-state index < -0.39 is 5.54 Å². The van der Waals surface area contributed by atoms with Gasteiger partial charge in [-0.2, -0.15) is 4.99 Å². The maximum absolute atomic E-state index is 11.2. The van der Waals surface area contributed by atoms with Crippen LogP contribution in [0.15, 0.2) is 23.2 Å². The molecule has 1 aromatic rings. The highest BCUT2D eigenvalue weighted by atomic mass is 16.5. The SMILES string of the molecule is O=C=NC1(c2ccc3c(c2)OCC(=O)N3)CCCC1. The van der Waals surface area contributed by atoms with E-state index in [1.54, 1.807) is 6.08 Å². The van der Waals surface area contributed by atoms with Gasteiger partial charge in [-0.3, -0.25) is 4.79 Å². The molecule has 1 heterocycles. The Bertz CT molecular complexity index is 570. The zero-order valence-electron chi connectivity index (χ0n) is 10.4. The van der Waals surface area contributed by atoms with Crippen molar-refractivity contribution in [2.45, 2.75) is 31.2 Å². The number of rotatable bonds is 2. The quantitative estimate of drug-likeness (QED) is 0.652. The highest BCUT2D eigenvalue weighted by Gasteiger charge is 2.36. The molecule has 0 bridgehead atoms. The monoisotopic (exact) mass is 258 g/mol. The first kappa shape index (κ1) is 11.9. The molecule has 19 heavy (non-hydrogen) atoms. The van der Waals surface area contributed by atoms with E-state index in [1.807, 2.05) is 18.2 Å². The number of nitrogens with zero attached hydrogens (tertiary/aromatic N) is 1. The number of hydrogen-bond acceptors (Lipinski definition) is 4. The van der Waals surface area contributed by atoms with Crippen LogP contribution in [0.2, 0.25) is 0 Å². The van der Waals surface area contributed by atoms with Crippen molar-refractivity contribution in [2.24, 2.45) is 4.99 Å². The number of amides is 1. The van der Waals surface area contributed by atoms with Gasteiger partial charge >= 0.3 is 0 Å². The molecule has 98 valence electrons. The fourth-order valence-electron chi connectivity index (χ4n) is 2.88. The Balaban J connectivity index is 2.01. The normalized spacial score (nSPS) is 19.9. The number of aliphatic imine (C=N–C) groups is 1. The maximum Gasteiger partial charge on any atom is 0.262 e. The van der Waals surface area contributed by atoms with Gasteiger partial charge in [0, 0.05) is 0 Å². The Morgan fingerprint density at radius 2 is 2.11 bits per heavy atom. The molecule has 0 unspecified atom stereocenters. The highest BCUT2D eigenvalue weighted by Crippen LogP contribution is 2.44. The van der Waals surface area contributed by atoms with Crippen LogP contribution in [0.25, 0.3) is 0 Å². The number of carbonyl (C=O) groups excluding carboxylic acids is 2. The van der Waals surface area contributed by atoms with Crippen LogP contribution in [-0.4, -0.2) is 18.6 Å². The summed E-state index contributed by atoms with van der Waals surface area (Å²) in [6, 6.07) is 5.59. The van der Waals surface area contributed by atoms with Gasteiger partial charge in [-0.15, -0.1) is 0 Å². The lowest BCUT2D eigenvalue weighted by Crippen LogP contribution is -2.26. The molecule has 2 aliphatic rings. The first-order valence-corrected chi connectivity index (χ1v) is 6.40. The van der Waals surface area contributed by atoms with Crippen molar-refractivity contribution < 1.29 is 14.3 Å². The van der Waals surface area contributed by atoms with Crippen LogP contribution in [0.4, 0.5) is 5.69 Å². The molecular formula is C14H14N2O3. The van der Waals surface area contributed by atoms with Gasteiger partial charge in [0.2, 0.25) is 6.08 Å². The molecule has 0 aromatic heterocycles. The van der Waals surface area contributed by atoms with Gasteiger partial charge in [0.25, 0.3) is 5.91 Å². The minimum absolute atomic E-state index is 0.0282. The van der Waals surface area contributed by atoms with Gasteiger partial charge in [-0.05, 0) is 30.5 Å². The molecule has 3 rings (SSSR count). The van der Waals surface area contributed by atoms with Gasteiger partial charge in [0.15, 0.2) is 6.61 Å². The summed E-state index contributed by atoms with van der Waals surface area (Å²) in [7, 11) is 0. The van der Waals surface area contributed by atoms with Crippen LogP contribution < -0.4 is 10.1 Å². The lowest BCUT2D eigenvalue weighted by atomic mass is 9.88. The topological polar surface area (TPSA) is 67.8 Å². The Kier molecular flexibility index (Phi) is 2.84. The first-order chi connectivity index (χ1) is 9.23. The summed E-state index contributed by atoms with van der Waals surface area (Å²) < 4.78 is 5.41. The summed E-state index contributed by atoms with van der Waals surface area (Å²) in [5, 5.41) is 2.75. The molecule has 1 saturated carbocycles. The van der Waals surface area contributed by atoms with Gasteiger partial charge < -0.3 is 10.1 Å². The molecule has 1 N–H and O–H groups in total. The molecule has 1 aliphatic carbocycles. The zero-order valence-corrected chi connectivity index (χ0v) is 10.4. The average molecular weight is 258 g/mol. The molecule has 0 radical (unpaired) electrons. The summed E-state index contributed by atoms with van der Waals surface area (Å²) in [6.07, 6.45) is 5.52. The van der Waals surface area contributed by atoms with E-state index in [0.717, 1.165) is 31.2 Å². The molecule has 1 amide bonds. The third-order valence-electron chi connectivity index (χ3n) is 3.84. The number of fused-ring (bicyclic) bond motifs is 1. The number of benzene rings is 1. The largest absolute Gasteiger partial charge is 0.482 e. The van der Waals surface area contributed by atoms with Crippen LogP contribution in [0.5, 0.6) is 5.75 Å². The fraction of sp³-hybridized carbons (Fsp3) is 0.429. The molecular weight excluding hydrogens is 244 g/mol. The van der Waals surface area contributed by atoms with Crippen molar-refractivity contribution in [3.05, 3.63) is 23.8 Å². The molecule has 1 aliphatic heterocycles. The van der Waals surface area contributed by atoms with Crippen molar-refractivity contribution in [3.8, 4) is 5.75 Å². The van der Waals surface area contributed by atoms with E-state index in [4.69, 9.17) is 4.74 Å². The number of nitrogens with one attached hydrogen (secondary N) is 1. The van der Waals surface area contributed by atoms with E-state index in [1.165, 1.54) is 0 Å².